The van der Waals surface area contributed by atoms with Crippen molar-refractivity contribution in [1.29, 1.82) is 0 Å². The van der Waals surface area contributed by atoms with Gasteiger partial charge in [0.05, 0.1) is 0 Å². The van der Waals surface area contributed by atoms with Crippen LogP contribution in [-0.2, 0) is 6.54 Å². The van der Waals surface area contributed by atoms with Crippen LogP contribution < -0.4 is 4.90 Å². The Bertz CT molecular complexity index is 668. The number of benzene rings is 2. The summed E-state index contributed by atoms with van der Waals surface area (Å²) in [5, 5.41) is 8.80. The zero-order valence-corrected chi connectivity index (χ0v) is 12.2. The SMILES string of the molecule is Cc1ccc(N(C)Cc2ccc(F)cc2C#CCO)cc1. The zero-order valence-electron chi connectivity index (χ0n) is 12.2. The molecule has 1 N–H and O–H groups in total. The van der Waals surface area contributed by atoms with Crippen LogP contribution in [0.4, 0.5) is 10.1 Å². The number of aliphatic hydroxyl groups excluding tert-OH is 1. The summed E-state index contributed by atoms with van der Waals surface area (Å²) in [6, 6.07) is 12.8. The average Bonchev–Trinajstić information content (AvgIpc) is 2.48. The summed E-state index contributed by atoms with van der Waals surface area (Å²) in [4.78, 5) is 2.08. The lowest BCUT2D eigenvalue weighted by Gasteiger charge is -2.20. The number of hydrogen-bond donors (Lipinski definition) is 1. The van der Waals surface area contributed by atoms with E-state index in [1.54, 1.807) is 6.07 Å². The Kier molecular flexibility index (Phi) is 4.97. The van der Waals surface area contributed by atoms with Gasteiger partial charge in [-0.1, -0.05) is 35.6 Å². The van der Waals surface area contributed by atoms with Crippen molar-refractivity contribution in [2.45, 2.75) is 13.5 Å². The third-order valence-corrected chi connectivity index (χ3v) is 3.26. The summed E-state index contributed by atoms with van der Waals surface area (Å²) in [5.41, 5.74) is 3.85. The van der Waals surface area contributed by atoms with E-state index in [4.69, 9.17) is 5.11 Å². The first kappa shape index (κ1) is 15.1. The highest BCUT2D eigenvalue weighted by Crippen LogP contribution is 2.18. The molecule has 0 saturated heterocycles. The summed E-state index contributed by atoms with van der Waals surface area (Å²) in [6.45, 7) is 2.44. The molecule has 21 heavy (non-hydrogen) atoms. The van der Waals surface area contributed by atoms with E-state index in [0.29, 0.717) is 12.1 Å². The smallest absolute Gasteiger partial charge is 0.124 e. The maximum absolute atomic E-state index is 13.3. The van der Waals surface area contributed by atoms with Crippen molar-refractivity contribution < 1.29 is 9.50 Å². The minimum Gasteiger partial charge on any atom is -0.384 e. The van der Waals surface area contributed by atoms with Crippen molar-refractivity contribution in [2.24, 2.45) is 0 Å². The van der Waals surface area contributed by atoms with Crippen molar-refractivity contribution in [3.05, 3.63) is 65.0 Å². The molecule has 0 amide bonds. The van der Waals surface area contributed by atoms with Gasteiger partial charge in [0.1, 0.15) is 12.4 Å². The Morgan fingerprint density at radius 1 is 1.14 bits per heavy atom. The molecule has 0 aliphatic rings. The molecule has 2 aromatic carbocycles. The van der Waals surface area contributed by atoms with Gasteiger partial charge < -0.3 is 10.0 Å². The van der Waals surface area contributed by atoms with E-state index >= 15 is 0 Å². The predicted octanol–water partition coefficient (Wildman–Crippen LogP) is 3.11. The van der Waals surface area contributed by atoms with Crippen LogP contribution in [0.2, 0.25) is 0 Å². The zero-order chi connectivity index (χ0) is 15.2. The molecule has 3 heteroatoms. The third kappa shape index (κ3) is 4.08. The Morgan fingerprint density at radius 3 is 2.52 bits per heavy atom. The molecule has 0 fully saturated rings. The lowest BCUT2D eigenvalue weighted by atomic mass is 10.1. The quantitative estimate of drug-likeness (QED) is 0.875. The second-order valence-corrected chi connectivity index (χ2v) is 4.95. The fourth-order valence-corrected chi connectivity index (χ4v) is 2.08. The highest BCUT2D eigenvalue weighted by atomic mass is 19.1. The molecule has 0 aliphatic heterocycles. The highest BCUT2D eigenvalue weighted by Gasteiger charge is 2.07. The molecular formula is C18H18FNO. The van der Waals surface area contributed by atoms with Crippen LogP contribution in [0.25, 0.3) is 0 Å². The number of aryl methyl sites for hydroxylation is 1. The van der Waals surface area contributed by atoms with E-state index in [0.717, 1.165) is 11.3 Å². The minimum atomic E-state index is -0.320. The molecule has 0 atom stereocenters. The van der Waals surface area contributed by atoms with Crippen LogP contribution in [-0.4, -0.2) is 18.8 Å². The van der Waals surface area contributed by atoms with E-state index in [1.807, 2.05) is 14.0 Å². The molecule has 0 bridgehead atoms. The van der Waals surface area contributed by atoms with Gasteiger partial charge >= 0.3 is 0 Å². The molecule has 0 saturated carbocycles. The Hall–Kier alpha value is -2.31. The molecule has 0 radical (unpaired) electrons. The van der Waals surface area contributed by atoms with Crippen LogP contribution in [0.5, 0.6) is 0 Å². The third-order valence-electron chi connectivity index (χ3n) is 3.26. The number of aliphatic hydroxyl groups is 1. The normalized spacial score (nSPS) is 9.90. The highest BCUT2D eigenvalue weighted by molar-refractivity contribution is 5.49. The van der Waals surface area contributed by atoms with Crippen molar-refractivity contribution in [3.63, 3.8) is 0 Å². The van der Waals surface area contributed by atoms with Crippen LogP contribution in [0.15, 0.2) is 42.5 Å². The van der Waals surface area contributed by atoms with Crippen LogP contribution in [0.3, 0.4) is 0 Å². The van der Waals surface area contributed by atoms with E-state index in [-0.39, 0.29) is 12.4 Å². The monoisotopic (exact) mass is 283 g/mol. The number of nitrogens with zero attached hydrogens (tertiary/aromatic N) is 1. The molecule has 0 aliphatic carbocycles. The summed E-state index contributed by atoms with van der Waals surface area (Å²) < 4.78 is 13.3. The first-order valence-electron chi connectivity index (χ1n) is 6.76. The van der Waals surface area contributed by atoms with Gasteiger partial charge in [0.2, 0.25) is 0 Å². The number of anilines is 1. The molecule has 108 valence electrons. The topological polar surface area (TPSA) is 23.5 Å². The lowest BCUT2D eigenvalue weighted by Crippen LogP contribution is -2.17. The molecule has 0 unspecified atom stereocenters. The van der Waals surface area contributed by atoms with Crippen LogP contribution in [0.1, 0.15) is 16.7 Å². The van der Waals surface area contributed by atoms with Gasteiger partial charge in [-0.3, -0.25) is 0 Å². The molecule has 0 heterocycles. The molecule has 0 spiro atoms. The first-order chi connectivity index (χ1) is 10.1. The van der Waals surface area contributed by atoms with Crippen LogP contribution >= 0.6 is 0 Å². The summed E-state index contributed by atoms with van der Waals surface area (Å²) in [6.07, 6.45) is 0. The fourth-order valence-electron chi connectivity index (χ4n) is 2.08. The Morgan fingerprint density at radius 2 is 1.86 bits per heavy atom. The van der Waals surface area contributed by atoms with Crippen molar-refractivity contribution >= 4 is 5.69 Å². The predicted molar refractivity (Wildman–Crippen MR) is 83.6 cm³/mol. The summed E-state index contributed by atoms with van der Waals surface area (Å²) in [7, 11) is 1.98. The Balaban J connectivity index is 2.24. The largest absolute Gasteiger partial charge is 0.384 e. The maximum Gasteiger partial charge on any atom is 0.124 e. The fraction of sp³-hybridized carbons (Fsp3) is 0.222. The Labute approximate surface area is 124 Å². The second kappa shape index (κ2) is 6.92. The van der Waals surface area contributed by atoms with Crippen molar-refractivity contribution in [2.75, 3.05) is 18.6 Å². The van der Waals surface area contributed by atoms with E-state index in [1.165, 1.54) is 17.7 Å². The minimum absolute atomic E-state index is 0.232. The van der Waals surface area contributed by atoms with Crippen molar-refractivity contribution in [3.8, 4) is 11.8 Å². The number of halogens is 1. The van der Waals surface area contributed by atoms with Gasteiger partial charge in [-0.25, -0.2) is 4.39 Å². The van der Waals surface area contributed by atoms with Crippen molar-refractivity contribution in [1.82, 2.24) is 0 Å². The lowest BCUT2D eigenvalue weighted by molar-refractivity contribution is 0.350. The van der Waals surface area contributed by atoms with E-state index in [2.05, 4.69) is 41.0 Å². The van der Waals surface area contributed by atoms with Gasteiger partial charge in [0.25, 0.3) is 0 Å². The van der Waals surface area contributed by atoms with Gasteiger partial charge in [0, 0.05) is 24.8 Å². The van der Waals surface area contributed by atoms with Gasteiger partial charge in [0.15, 0.2) is 0 Å². The molecule has 2 rings (SSSR count). The maximum atomic E-state index is 13.3. The summed E-state index contributed by atoms with van der Waals surface area (Å²) in [5.74, 6) is 5.06. The van der Waals surface area contributed by atoms with Gasteiger partial charge in [-0.05, 0) is 36.8 Å². The van der Waals surface area contributed by atoms with Gasteiger partial charge in [-0.2, -0.15) is 0 Å². The van der Waals surface area contributed by atoms with E-state index < -0.39 is 0 Å². The molecule has 2 nitrogen and oxygen atoms in total. The second-order valence-electron chi connectivity index (χ2n) is 4.95. The molecule has 2 aromatic rings. The first-order valence-corrected chi connectivity index (χ1v) is 6.76. The van der Waals surface area contributed by atoms with Crippen LogP contribution in [0, 0.1) is 24.6 Å². The van der Waals surface area contributed by atoms with Gasteiger partial charge in [-0.15, -0.1) is 0 Å². The standard InChI is InChI=1S/C18H18FNO/c1-14-5-9-18(10-6-14)20(2)13-16-7-8-17(19)12-15(16)4-3-11-21/h5-10,12,21H,11,13H2,1-2H3. The number of hydrogen-bond acceptors (Lipinski definition) is 2. The molecule has 0 aromatic heterocycles. The molecular weight excluding hydrogens is 265 g/mol. The average molecular weight is 283 g/mol. The van der Waals surface area contributed by atoms with E-state index in [9.17, 15) is 4.39 Å². The number of rotatable bonds is 3. The summed E-state index contributed by atoms with van der Waals surface area (Å²) >= 11 is 0.